The van der Waals surface area contributed by atoms with Gasteiger partial charge in [-0.25, -0.2) is 0 Å². The third-order valence-electron chi connectivity index (χ3n) is 4.42. The maximum Gasteiger partial charge on any atom is 0.227 e. The SMILES string of the molecule is Cc1ccc(N2CC3(CCC3)CCC2=O)cc1. The number of nitrogens with zero attached hydrogens (tertiary/aromatic N) is 1. The zero-order chi connectivity index (χ0) is 11.9. The van der Waals surface area contributed by atoms with E-state index in [4.69, 9.17) is 0 Å². The number of aryl methyl sites for hydroxylation is 1. The molecule has 1 saturated carbocycles. The topological polar surface area (TPSA) is 20.3 Å². The zero-order valence-corrected chi connectivity index (χ0v) is 10.4. The molecule has 3 rings (SSSR count). The molecule has 1 aliphatic heterocycles. The van der Waals surface area contributed by atoms with Gasteiger partial charge < -0.3 is 4.90 Å². The van der Waals surface area contributed by atoms with Crippen molar-refractivity contribution in [3.05, 3.63) is 29.8 Å². The molecule has 0 unspecified atom stereocenters. The Labute approximate surface area is 103 Å². The molecule has 1 saturated heterocycles. The summed E-state index contributed by atoms with van der Waals surface area (Å²) < 4.78 is 0. The van der Waals surface area contributed by atoms with E-state index >= 15 is 0 Å². The van der Waals surface area contributed by atoms with E-state index in [9.17, 15) is 4.79 Å². The van der Waals surface area contributed by atoms with Gasteiger partial charge in [-0.2, -0.15) is 0 Å². The van der Waals surface area contributed by atoms with Gasteiger partial charge in [0, 0.05) is 18.7 Å². The molecule has 0 aromatic heterocycles. The number of carbonyl (C=O) groups excluding carboxylic acids is 1. The molecule has 1 amide bonds. The fourth-order valence-corrected chi connectivity index (χ4v) is 3.05. The van der Waals surface area contributed by atoms with Gasteiger partial charge >= 0.3 is 0 Å². The molecule has 0 bridgehead atoms. The molecule has 2 nitrogen and oxygen atoms in total. The van der Waals surface area contributed by atoms with Crippen molar-refractivity contribution < 1.29 is 4.79 Å². The van der Waals surface area contributed by atoms with Crippen molar-refractivity contribution in [3.8, 4) is 0 Å². The fraction of sp³-hybridized carbons (Fsp3) is 0.533. The van der Waals surface area contributed by atoms with Gasteiger partial charge in [-0.15, -0.1) is 0 Å². The summed E-state index contributed by atoms with van der Waals surface area (Å²) in [4.78, 5) is 14.0. The lowest BCUT2D eigenvalue weighted by Gasteiger charge is -2.48. The van der Waals surface area contributed by atoms with Crippen molar-refractivity contribution >= 4 is 11.6 Å². The molecule has 0 N–H and O–H groups in total. The summed E-state index contributed by atoms with van der Waals surface area (Å²) in [6, 6.07) is 8.32. The van der Waals surface area contributed by atoms with Crippen LogP contribution in [0.25, 0.3) is 0 Å². The summed E-state index contributed by atoms with van der Waals surface area (Å²) in [6.07, 6.45) is 5.79. The number of rotatable bonds is 1. The molecule has 17 heavy (non-hydrogen) atoms. The van der Waals surface area contributed by atoms with Crippen molar-refractivity contribution in [2.45, 2.75) is 39.0 Å². The van der Waals surface area contributed by atoms with Gasteiger partial charge in [0.15, 0.2) is 0 Å². The van der Waals surface area contributed by atoms with Gasteiger partial charge in [0.25, 0.3) is 0 Å². The lowest BCUT2D eigenvalue weighted by molar-refractivity contribution is -0.122. The summed E-state index contributed by atoms with van der Waals surface area (Å²) in [6.45, 7) is 3.02. The normalized spacial score (nSPS) is 22.6. The average molecular weight is 229 g/mol. The Hall–Kier alpha value is -1.31. The smallest absolute Gasteiger partial charge is 0.227 e. The van der Waals surface area contributed by atoms with E-state index in [1.54, 1.807) is 0 Å². The number of benzene rings is 1. The summed E-state index contributed by atoms with van der Waals surface area (Å²) in [5.41, 5.74) is 2.78. The third-order valence-corrected chi connectivity index (χ3v) is 4.42. The number of anilines is 1. The molecule has 1 aromatic rings. The summed E-state index contributed by atoms with van der Waals surface area (Å²) in [5, 5.41) is 0. The van der Waals surface area contributed by atoms with E-state index in [2.05, 4.69) is 31.2 Å². The van der Waals surface area contributed by atoms with Crippen molar-refractivity contribution in [3.63, 3.8) is 0 Å². The largest absolute Gasteiger partial charge is 0.312 e. The third kappa shape index (κ3) is 1.86. The first kappa shape index (κ1) is 10.8. The second kappa shape index (κ2) is 3.86. The van der Waals surface area contributed by atoms with Gasteiger partial charge in [0.1, 0.15) is 0 Å². The minimum atomic E-state index is 0.298. The monoisotopic (exact) mass is 229 g/mol. The van der Waals surface area contributed by atoms with Crippen molar-refractivity contribution in [1.29, 1.82) is 0 Å². The molecule has 1 aromatic carbocycles. The Bertz CT molecular complexity index is 431. The van der Waals surface area contributed by atoms with Crippen molar-refractivity contribution in [1.82, 2.24) is 0 Å². The Kier molecular flexibility index (Phi) is 2.46. The van der Waals surface area contributed by atoms with Gasteiger partial charge in [0.2, 0.25) is 5.91 Å². The molecular weight excluding hydrogens is 210 g/mol. The first-order valence-electron chi connectivity index (χ1n) is 6.56. The zero-order valence-electron chi connectivity index (χ0n) is 10.4. The molecule has 0 atom stereocenters. The number of carbonyl (C=O) groups is 1. The lowest BCUT2D eigenvalue weighted by atomic mass is 9.64. The summed E-state index contributed by atoms with van der Waals surface area (Å²) >= 11 is 0. The second-order valence-corrected chi connectivity index (χ2v) is 5.67. The molecule has 2 fully saturated rings. The van der Waals surface area contributed by atoms with Crippen LogP contribution in [0.4, 0.5) is 5.69 Å². The molecule has 1 spiro atoms. The van der Waals surface area contributed by atoms with Gasteiger partial charge in [-0.1, -0.05) is 24.1 Å². The summed E-state index contributed by atoms with van der Waals surface area (Å²) in [5.74, 6) is 0.298. The highest BCUT2D eigenvalue weighted by Crippen LogP contribution is 2.48. The molecule has 2 heteroatoms. The standard InChI is InChI=1S/C15H19NO/c1-12-3-5-13(6-4-12)16-11-15(8-2-9-15)10-7-14(16)17/h3-6H,2,7-11H2,1H3. The Morgan fingerprint density at radius 3 is 2.41 bits per heavy atom. The van der Waals surface area contributed by atoms with Crippen LogP contribution < -0.4 is 4.90 Å². The van der Waals surface area contributed by atoms with Crippen molar-refractivity contribution in [2.24, 2.45) is 5.41 Å². The van der Waals surface area contributed by atoms with Gasteiger partial charge in [-0.3, -0.25) is 4.79 Å². The first-order valence-corrected chi connectivity index (χ1v) is 6.56. The first-order chi connectivity index (χ1) is 8.19. The summed E-state index contributed by atoms with van der Waals surface area (Å²) in [7, 11) is 0. The second-order valence-electron chi connectivity index (χ2n) is 5.67. The number of piperidine rings is 1. The average Bonchev–Trinajstić information content (AvgIpc) is 2.29. The van der Waals surface area contributed by atoms with E-state index < -0.39 is 0 Å². The maximum absolute atomic E-state index is 12.0. The van der Waals surface area contributed by atoms with Crippen LogP contribution in [0.3, 0.4) is 0 Å². The van der Waals surface area contributed by atoms with Crippen LogP contribution in [0.5, 0.6) is 0 Å². The molecule has 0 radical (unpaired) electrons. The molecule has 1 aliphatic carbocycles. The van der Waals surface area contributed by atoms with E-state index in [0.717, 1.165) is 25.1 Å². The molecule has 1 heterocycles. The Balaban J connectivity index is 1.84. The minimum absolute atomic E-state index is 0.298. The van der Waals surface area contributed by atoms with Crippen molar-refractivity contribution in [2.75, 3.05) is 11.4 Å². The van der Waals surface area contributed by atoms with E-state index in [-0.39, 0.29) is 0 Å². The predicted molar refractivity (Wildman–Crippen MR) is 69.1 cm³/mol. The highest BCUT2D eigenvalue weighted by molar-refractivity contribution is 5.94. The molecule has 90 valence electrons. The molecular formula is C15H19NO. The Morgan fingerprint density at radius 1 is 1.12 bits per heavy atom. The van der Waals surface area contributed by atoms with Crippen LogP contribution in [0.15, 0.2) is 24.3 Å². The van der Waals surface area contributed by atoms with Crippen LogP contribution in [-0.2, 0) is 4.79 Å². The molecule has 2 aliphatic rings. The number of hydrogen-bond donors (Lipinski definition) is 0. The van der Waals surface area contributed by atoms with Gasteiger partial charge in [-0.05, 0) is 43.7 Å². The fourth-order valence-electron chi connectivity index (χ4n) is 3.05. The maximum atomic E-state index is 12.0. The van der Waals surface area contributed by atoms with Crippen LogP contribution in [-0.4, -0.2) is 12.5 Å². The Morgan fingerprint density at radius 2 is 1.82 bits per heavy atom. The highest BCUT2D eigenvalue weighted by atomic mass is 16.2. The number of hydrogen-bond acceptors (Lipinski definition) is 1. The quantitative estimate of drug-likeness (QED) is 0.723. The van der Waals surface area contributed by atoms with E-state index in [0.29, 0.717) is 11.3 Å². The highest BCUT2D eigenvalue weighted by Gasteiger charge is 2.43. The predicted octanol–water partition coefficient (Wildman–Crippen LogP) is 3.29. The lowest BCUT2D eigenvalue weighted by Crippen LogP contribution is -2.49. The van der Waals surface area contributed by atoms with E-state index in [1.165, 1.54) is 24.8 Å². The van der Waals surface area contributed by atoms with Crippen LogP contribution in [0.1, 0.15) is 37.7 Å². The van der Waals surface area contributed by atoms with E-state index in [1.807, 2.05) is 4.90 Å². The van der Waals surface area contributed by atoms with Crippen LogP contribution in [0, 0.1) is 12.3 Å². The minimum Gasteiger partial charge on any atom is -0.312 e. The van der Waals surface area contributed by atoms with Gasteiger partial charge in [0.05, 0.1) is 0 Å². The van der Waals surface area contributed by atoms with Crippen LogP contribution >= 0.6 is 0 Å². The van der Waals surface area contributed by atoms with Crippen LogP contribution in [0.2, 0.25) is 0 Å². The number of amides is 1.